The van der Waals surface area contributed by atoms with Crippen LogP contribution in [-0.4, -0.2) is 15.3 Å². The molecule has 0 atom stereocenters. The first kappa shape index (κ1) is 10.9. The molecule has 0 unspecified atom stereocenters. The highest BCUT2D eigenvalue weighted by molar-refractivity contribution is 7.99. The van der Waals surface area contributed by atoms with Gasteiger partial charge < -0.3 is 5.11 Å². The van der Waals surface area contributed by atoms with Gasteiger partial charge in [0.15, 0.2) is 0 Å². The summed E-state index contributed by atoms with van der Waals surface area (Å²) in [6.45, 7) is 2.06. The highest BCUT2D eigenvalue weighted by atomic mass is 32.2. The number of hydrogen-bond donors (Lipinski definition) is 3. The van der Waals surface area contributed by atoms with Gasteiger partial charge in [0.25, 0.3) is 5.56 Å². The van der Waals surface area contributed by atoms with Crippen LogP contribution in [0.5, 0.6) is 5.88 Å². The molecule has 5 heteroatoms. The van der Waals surface area contributed by atoms with E-state index in [2.05, 4.69) is 17.1 Å². The second-order valence-electron chi connectivity index (χ2n) is 3.32. The molecular formula is C11H12N2O2S. The van der Waals surface area contributed by atoms with Crippen molar-refractivity contribution in [2.45, 2.75) is 23.1 Å². The molecule has 0 aliphatic rings. The van der Waals surface area contributed by atoms with E-state index in [-0.39, 0.29) is 11.4 Å². The largest absolute Gasteiger partial charge is 0.493 e. The van der Waals surface area contributed by atoms with E-state index < -0.39 is 0 Å². The Labute approximate surface area is 96.7 Å². The van der Waals surface area contributed by atoms with E-state index in [0.29, 0.717) is 4.90 Å². The highest BCUT2D eigenvalue weighted by Gasteiger charge is 2.11. The molecule has 0 aliphatic carbocycles. The summed E-state index contributed by atoms with van der Waals surface area (Å²) in [5.41, 5.74) is 0.862. The van der Waals surface area contributed by atoms with Gasteiger partial charge >= 0.3 is 0 Å². The molecule has 2 rings (SSSR count). The Morgan fingerprint density at radius 1 is 1.31 bits per heavy atom. The van der Waals surface area contributed by atoms with Crippen molar-refractivity contribution in [3.8, 4) is 5.88 Å². The van der Waals surface area contributed by atoms with Gasteiger partial charge in [0.05, 0.1) is 0 Å². The van der Waals surface area contributed by atoms with Gasteiger partial charge in [0.1, 0.15) is 4.90 Å². The molecule has 16 heavy (non-hydrogen) atoms. The number of benzene rings is 1. The van der Waals surface area contributed by atoms with E-state index in [9.17, 15) is 9.90 Å². The van der Waals surface area contributed by atoms with E-state index >= 15 is 0 Å². The monoisotopic (exact) mass is 236 g/mol. The van der Waals surface area contributed by atoms with Crippen molar-refractivity contribution < 1.29 is 5.11 Å². The van der Waals surface area contributed by atoms with Gasteiger partial charge in [-0.3, -0.25) is 15.0 Å². The molecule has 3 N–H and O–H groups in total. The first-order valence-corrected chi connectivity index (χ1v) is 5.79. The van der Waals surface area contributed by atoms with Gasteiger partial charge in [0, 0.05) is 4.90 Å². The molecule has 84 valence electrons. The van der Waals surface area contributed by atoms with Crippen LogP contribution in [0.2, 0.25) is 0 Å². The molecule has 2 aromatic rings. The lowest BCUT2D eigenvalue weighted by Gasteiger charge is -2.04. The lowest BCUT2D eigenvalue weighted by molar-refractivity contribution is 0.440. The number of rotatable bonds is 3. The van der Waals surface area contributed by atoms with Crippen molar-refractivity contribution in [2.24, 2.45) is 0 Å². The Kier molecular flexibility index (Phi) is 3.05. The molecule has 0 amide bonds. The Morgan fingerprint density at radius 2 is 2.06 bits per heavy atom. The van der Waals surface area contributed by atoms with Crippen LogP contribution in [-0.2, 0) is 6.42 Å². The van der Waals surface area contributed by atoms with Crippen LogP contribution in [0.3, 0.4) is 0 Å². The Hall–Kier alpha value is -1.62. The van der Waals surface area contributed by atoms with Gasteiger partial charge in [-0.15, -0.1) is 0 Å². The van der Waals surface area contributed by atoms with Gasteiger partial charge in [-0.1, -0.05) is 36.9 Å². The maximum Gasteiger partial charge on any atom is 0.281 e. The van der Waals surface area contributed by atoms with Crippen LogP contribution >= 0.6 is 11.8 Å². The second-order valence-corrected chi connectivity index (χ2v) is 4.37. The molecule has 1 aromatic heterocycles. The molecule has 4 nitrogen and oxygen atoms in total. The van der Waals surface area contributed by atoms with Crippen LogP contribution in [0.1, 0.15) is 12.5 Å². The van der Waals surface area contributed by atoms with Crippen molar-refractivity contribution in [3.05, 3.63) is 40.2 Å². The first-order valence-electron chi connectivity index (χ1n) is 4.97. The van der Waals surface area contributed by atoms with Gasteiger partial charge in [-0.05, 0) is 18.1 Å². The van der Waals surface area contributed by atoms with E-state index in [1.165, 1.54) is 11.8 Å². The number of nitrogens with one attached hydrogen (secondary N) is 2. The normalized spacial score (nSPS) is 10.6. The zero-order valence-corrected chi connectivity index (χ0v) is 9.60. The number of hydrogen-bond acceptors (Lipinski definition) is 3. The molecule has 1 heterocycles. The average Bonchev–Trinajstić information content (AvgIpc) is 2.61. The van der Waals surface area contributed by atoms with Crippen molar-refractivity contribution in [1.29, 1.82) is 0 Å². The number of aryl methyl sites for hydroxylation is 1. The van der Waals surface area contributed by atoms with Crippen LogP contribution in [0.25, 0.3) is 0 Å². The number of aromatic amines is 2. The predicted molar refractivity (Wildman–Crippen MR) is 63.0 cm³/mol. The fourth-order valence-electron chi connectivity index (χ4n) is 1.44. The minimum Gasteiger partial charge on any atom is -0.493 e. The van der Waals surface area contributed by atoms with Crippen LogP contribution in [0.15, 0.2) is 38.9 Å². The summed E-state index contributed by atoms with van der Waals surface area (Å²) < 4.78 is 0. The third-order valence-corrected chi connectivity index (χ3v) is 3.48. The van der Waals surface area contributed by atoms with E-state index in [0.717, 1.165) is 16.9 Å². The molecule has 0 saturated heterocycles. The van der Waals surface area contributed by atoms with Gasteiger partial charge in [-0.25, -0.2) is 0 Å². The maximum absolute atomic E-state index is 11.4. The van der Waals surface area contributed by atoms with Gasteiger partial charge in [-0.2, -0.15) is 0 Å². The predicted octanol–water partition coefficient (Wildman–Crippen LogP) is 2.12. The minimum atomic E-state index is -0.298. The standard InChI is InChI=1S/C11H12N2O2S/c1-2-7-5-3-4-6-8(7)16-9-10(14)12-13-11(9)15/h3-6H,2H2,1H3,(H3,12,13,14,15). The summed E-state index contributed by atoms with van der Waals surface area (Å²) in [6, 6.07) is 7.83. The van der Waals surface area contributed by atoms with Crippen molar-refractivity contribution in [1.82, 2.24) is 10.2 Å². The molecule has 0 spiro atoms. The molecular weight excluding hydrogens is 224 g/mol. The fraction of sp³-hybridized carbons (Fsp3) is 0.182. The molecule has 0 saturated carbocycles. The molecule has 0 fully saturated rings. The lowest BCUT2D eigenvalue weighted by Crippen LogP contribution is -2.00. The summed E-state index contributed by atoms with van der Waals surface area (Å²) in [5, 5.41) is 14.2. The van der Waals surface area contributed by atoms with Crippen LogP contribution in [0.4, 0.5) is 0 Å². The number of aromatic hydroxyl groups is 1. The van der Waals surface area contributed by atoms with E-state index in [1.807, 2.05) is 24.3 Å². The Bertz CT molecular complexity index is 545. The fourth-order valence-corrected chi connectivity index (χ4v) is 2.44. The Balaban J connectivity index is 2.37. The van der Waals surface area contributed by atoms with Crippen LogP contribution in [0, 0.1) is 0 Å². The topological polar surface area (TPSA) is 68.9 Å². The van der Waals surface area contributed by atoms with Gasteiger partial charge in [0.2, 0.25) is 5.88 Å². The van der Waals surface area contributed by atoms with E-state index in [4.69, 9.17) is 0 Å². The van der Waals surface area contributed by atoms with Crippen molar-refractivity contribution in [3.63, 3.8) is 0 Å². The molecule has 0 bridgehead atoms. The van der Waals surface area contributed by atoms with Crippen molar-refractivity contribution in [2.75, 3.05) is 0 Å². The summed E-state index contributed by atoms with van der Waals surface area (Å²) in [7, 11) is 0. The summed E-state index contributed by atoms with van der Waals surface area (Å²) >= 11 is 1.27. The number of H-pyrrole nitrogens is 2. The number of aromatic nitrogens is 2. The molecule has 1 aromatic carbocycles. The maximum atomic E-state index is 11.4. The quantitative estimate of drug-likeness (QED) is 0.764. The summed E-state index contributed by atoms with van der Waals surface area (Å²) in [4.78, 5) is 12.7. The lowest BCUT2D eigenvalue weighted by atomic mass is 10.2. The highest BCUT2D eigenvalue weighted by Crippen LogP contribution is 2.32. The van der Waals surface area contributed by atoms with Crippen LogP contribution < -0.4 is 5.56 Å². The molecule has 0 aliphatic heterocycles. The zero-order valence-electron chi connectivity index (χ0n) is 8.78. The smallest absolute Gasteiger partial charge is 0.281 e. The summed E-state index contributed by atoms with van der Waals surface area (Å²) in [6.07, 6.45) is 0.895. The first-order chi connectivity index (χ1) is 7.72. The second kappa shape index (κ2) is 4.49. The SMILES string of the molecule is CCc1ccccc1Sc1c(O)[nH][nH]c1=O. The third kappa shape index (κ3) is 1.99. The molecule has 0 radical (unpaired) electrons. The van der Waals surface area contributed by atoms with E-state index in [1.54, 1.807) is 0 Å². The minimum absolute atomic E-state index is 0.110. The van der Waals surface area contributed by atoms with Crippen molar-refractivity contribution >= 4 is 11.8 Å². The Morgan fingerprint density at radius 3 is 2.69 bits per heavy atom. The zero-order chi connectivity index (χ0) is 11.5. The summed E-state index contributed by atoms with van der Waals surface area (Å²) in [5.74, 6) is -0.110. The third-order valence-electron chi connectivity index (χ3n) is 2.28. The average molecular weight is 236 g/mol.